The highest BCUT2D eigenvalue weighted by atomic mass is 79.9. The van der Waals surface area contributed by atoms with Gasteiger partial charge in [0, 0.05) is 22.5 Å². The second-order valence-electron chi connectivity index (χ2n) is 5.07. The smallest absolute Gasteiger partial charge is 0.410 e. The van der Waals surface area contributed by atoms with Crippen molar-refractivity contribution in [1.29, 1.82) is 0 Å². The first kappa shape index (κ1) is 15.5. The van der Waals surface area contributed by atoms with Crippen LogP contribution in [0.25, 0.3) is 0 Å². The molecule has 0 unspecified atom stereocenters. The fourth-order valence-corrected chi connectivity index (χ4v) is 2.10. The maximum atomic E-state index is 11.8. The van der Waals surface area contributed by atoms with E-state index in [1.165, 1.54) is 0 Å². The van der Waals surface area contributed by atoms with Crippen molar-refractivity contribution in [2.45, 2.75) is 32.9 Å². The minimum Gasteiger partial charge on any atom is -0.444 e. The number of halogens is 2. The third-order valence-electron chi connectivity index (χ3n) is 2.12. The van der Waals surface area contributed by atoms with Crippen LogP contribution in [-0.2, 0) is 11.3 Å². The molecule has 1 aromatic rings. The van der Waals surface area contributed by atoms with E-state index in [2.05, 4.69) is 31.9 Å². The fourth-order valence-electron chi connectivity index (χ4n) is 1.32. The molecule has 0 radical (unpaired) electrons. The van der Waals surface area contributed by atoms with Crippen molar-refractivity contribution < 1.29 is 9.53 Å². The molecule has 1 amide bonds. The van der Waals surface area contributed by atoms with Gasteiger partial charge in [0.2, 0.25) is 0 Å². The van der Waals surface area contributed by atoms with Crippen LogP contribution in [0.2, 0.25) is 0 Å². The second-order valence-corrected chi connectivity index (χ2v) is 6.84. The normalized spacial score (nSPS) is 11.2. The Hall–Kier alpha value is -0.550. The number of carbonyl (C=O) groups is 1. The molecular weight excluding hydrogens is 362 g/mol. The number of hydrogen-bond donors (Lipinski definition) is 0. The Morgan fingerprint density at radius 1 is 1.33 bits per heavy atom. The topological polar surface area (TPSA) is 29.5 Å². The van der Waals surface area contributed by atoms with Gasteiger partial charge in [-0.2, -0.15) is 0 Å². The lowest BCUT2D eigenvalue weighted by molar-refractivity contribution is 0.0285. The van der Waals surface area contributed by atoms with E-state index >= 15 is 0 Å². The average molecular weight is 379 g/mol. The molecule has 0 aliphatic heterocycles. The van der Waals surface area contributed by atoms with Crippen molar-refractivity contribution in [3.05, 3.63) is 32.7 Å². The van der Waals surface area contributed by atoms with Gasteiger partial charge in [-0.15, -0.1) is 0 Å². The molecule has 0 heterocycles. The summed E-state index contributed by atoms with van der Waals surface area (Å²) in [5.74, 6) is 0. The van der Waals surface area contributed by atoms with E-state index < -0.39 is 5.60 Å². The van der Waals surface area contributed by atoms with Crippen LogP contribution in [0.3, 0.4) is 0 Å². The third-order valence-corrected chi connectivity index (χ3v) is 3.39. The van der Waals surface area contributed by atoms with Crippen molar-refractivity contribution in [3.63, 3.8) is 0 Å². The Morgan fingerprint density at radius 2 is 1.94 bits per heavy atom. The Kier molecular flexibility index (Phi) is 5.22. The molecule has 0 saturated heterocycles. The summed E-state index contributed by atoms with van der Waals surface area (Å²) in [5, 5.41) is 0. The lowest BCUT2D eigenvalue weighted by atomic mass is 10.2. The Morgan fingerprint density at radius 3 is 2.50 bits per heavy atom. The van der Waals surface area contributed by atoms with Gasteiger partial charge in [-0.25, -0.2) is 4.79 Å². The van der Waals surface area contributed by atoms with Gasteiger partial charge in [-0.05, 0) is 44.5 Å². The molecule has 0 N–H and O–H groups in total. The van der Waals surface area contributed by atoms with Crippen LogP contribution in [0.5, 0.6) is 0 Å². The Balaban J connectivity index is 2.72. The minimum atomic E-state index is -0.472. The van der Waals surface area contributed by atoms with Crippen LogP contribution in [0.1, 0.15) is 26.3 Å². The van der Waals surface area contributed by atoms with Crippen molar-refractivity contribution >= 4 is 38.0 Å². The monoisotopic (exact) mass is 377 g/mol. The number of nitrogens with zero attached hydrogens (tertiary/aromatic N) is 1. The van der Waals surface area contributed by atoms with Gasteiger partial charge in [0.15, 0.2) is 0 Å². The first-order chi connectivity index (χ1) is 8.19. The molecule has 0 aliphatic carbocycles. The van der Waals surface area contributed by atoms with Gasteiger partial charge in [-0.3, -0.25) is 0 Å². The van der Waals surface area contributed by atoms with E-state index in [9.17, 15) is 4.79 Å². The van der Waals surface area contributed by atoms with Gasteiger partial charge in [0.25, 0.3) is 0 Å². The summed E-state index contributed by atoms with van der Waals surface area (Å²) >= 11 is 6.89. The highest BCUT2D eigenvalue weighted by Crippen LogP contribution is 2.23. The molecule has 1 aromatic carbocycles. The van der Waals surface area contributed by atoms with E-state index in [-0.39, 0.29) is 6.09 Å². The third kappa shape index (κ3) is 4.98. The van der Waals surface area contributed by atoms with E-state index in [1.807, 2.05) is 39.0 Å². The molecule has 0 fully saturated rings. The summed E-state index contributed by atoms with van der Waals surface area (Å²) in [5.41, 5.74) is 0.553. The molecule has 0 atom stereocenters. The molecule has 18 heavy (non-hydrogen) atoms. The SMILES string of the molecule is CN(Cc1cc(Br)ccc1Br)C(=O)OC(C)(C)C. The second kappa shape index (κ2) is 6.06. The van der Waals surface area contributed by atoms with E-state index in [0.717, 1.165) is 14.5 Å². The standard InChI is InChI=1S/C13H17Br2NO2/c1-13(2,3)18-12(17)16(4)8-9-7-10(14)5-6-11(9)15/h5-7H,8H2,1-4H3. The number of hydrogen-bond acceptors (Lipinski definition) is 2. The summed E-state index contributed by atoms with van der Waals surface area (Å²) in [6, 6.07) is 5.87. The number of carbonyl (C=O) groups excluding carboxylic acids is 1. The molecule has 0 aromatic heterocycles. The van der Waals surface area contributed by atoms with Crippen LogP contribution in [0.4, 0.5) is 4.79 Å². The lowest BCUT2D eigenvalue weighted by Gasteiger charge is -2.25. The van der Waals surface area contributed by atoms with Gasteiger partial charge < -0.3 is 9.64 Å². The summed E-state index contributed by atoms with van der Waals surface area (Å²) in [7, 11) is 1.72. The molecular formula is C13H17Br2NO2. The molecule has 0 bridgehead atoms. The van der Waals surface area contributed by atoms with Crippen molar-refractivity contribution in [2.75, 3.05) is 7.05 Å². The zero-order chi connectivity index (χ0) is 13.9. The fraction of sp³-hybridized carbons (Fsp3) is 0.462. The average Bonchev–Trinajstić information content (AvgIpc) is 2.21. The molecule has 0 aliphatic rings. The van der Waals surface area contributed by atoms with Crippen LogP contribution < -0.4 is 0 Å². The molecule has 1 rings (SSSR count). The molecule has 100 valence electrons. The number of ether oxygens (including phenoxy) is 1. The molecule has 5 heteroatoms. The highest BCUT2D eigenvalue weighted by Gasteiger charge is 2.20. The predicted octanol–water partition coefficient (Wildman–Crippen LogP) is 4.58. The summed E-state index contributed by atoms with van der Waals surface area (Å²) in [4.78, 5) is 13.4. The van der Waals surface area contributed by atoms with Crippen molar-refractivity contribution in [1.82, 2.24) is 4.90 Å². The van der Waals surface area contributed by atoms with E-state index in [0.29, 0.717) is 6.54 Å². The zero-order valence-electron chi connectivity index (χ0n) is 11.0. The number of rotatable bonds is 2. The van der Waals surface area contributed by atoms with Gasteiger partial charge in [0.05, 0.1) is 0 Å². The van der Waals surface area contributed by atoms with Crippen molar-refractivity contribution in [3.8, 4) is 0 Å². The maximum absolute atomic E-state index is 11.8. The minimum absolute atomic E-state index is 0.325. The zero-order valence-corrected chi connectivity index (χ0v) is 14.1. The Labute approximate surface area is 125 Å². The van der Waals surface area contributed by atoms with Crippen molar-refractivity contribution in [2.24, 2.45) is 0 Å². The first-order valence-electron chi connectivity index (χ1n) is 5.57. The van der Waals surface area contributed by atoms with E-state index in [4.69, 9.17) is 4.74 Å². The molecule has 3 nitrogen and oxygen atoms in total. The van der Waals surface area contributed by atoms with Gasteiger partial charge in [-0.1, -0.05) is 31.9 Å². The highest BCUT2D eigenvalue weighted by molar-refractivity contribution is 9.11. The maximum Gasteiger partial charge on any atom is 0.410 e. The van der Waals surface area contributed by atoms with E-state index in [1.54, 1.807) is 11.9 Å². The quantitative estimate of drug-likeness (QED) is 0.753. The van der Waals surface area contributed by atoms with Crippen LogP contribution in [0.15, 0.2) is 27.1 Å². The van der Waals surface area contributed by atoms with Gasteiger partial charge in [0.1, 0.15) is 5.60 Å². The summed E-state index contributed by atoms with van der Waals surface area (Å²) in [6.07, 6.45) is -0.325. The number of benzene rings is 1. The Bertz CT molecular complexity index is 441. The van der Waals surface area contributed by atoms with Crippen LogP contribution in [-0.4, -0.2) is 23.6 Å². The van der Waals surface area contributed by atoms with Gasteiger partial charge >= 0.3 is 6.09 Å². The predicted molar refractivity (Wildman–Crippen MR) is 79.5 cm³/mol. The number of amides is 1. The summed E-state index contributed by atoms with van der Waals surface area (Å²) in [6.45, 7) is 6.06. The lowest BCUT2D eigenvalue weighted by Crippen LogP contribution is -2.33. The van der Waals surface area contributed by atoms with Crippen LogP contribution >= 0.6 is 31.9 Å². The van der Waals surface area contributed by atoms with Crippen LogP contribution in [0, 0.1) is 0 Å². The molecule has 0 spiro atoms. The molecule has 0 saturated carbocycles. The summed E-state index contributed by atoms with van der Waals surface area (Å²) < 4.78 is 7.26. The largest absolute Gasteiger partial charge is 0.444 e. The first-order valence-corrected chi connectivity index (χ1v) is 7.15.